The Hall–Kier alpha value is -2.21. The molecule has 0 saturated heterocycles. The molecule has 0 aliphatic rings. The van der Waals surface area contributed by atoms with Crippen molar-refractivity contribution in [3.05, 3.63) is 52.9 Å². The molecular formula is C14H12BrN5. The topological polar surface area (TPSA) is 69.6 Å². The highest BCUT2D eigenvalue weighted by molar-refractivity contribution is 9.10. The van der Waals surface area contributed by atoms with Crippen molar-refractivity contribution in [2.45, 2.75) is 6.92 Å². The van der Waals surface area contributed by atoms with Gasteiger partial charge in [-0.1, -0.05) is 12.1 Å². The van der Waals surface area contributed by atoms with Crippen LogP contribution in [0.4, 0.5) is 5.69 Å². The van der Waals surface area contributed by atoms with Crippen LogP contribution < -0.4 is 5.73 Å². The normalized spacial score (nSPS) is 10.7. The quantitative estimate of drug-likeness (QED) is 0.734. The van der Waals surface area contributed by atoms with Gasteiger partial charge in [0.05, 0.1) is 4.47 Å². The van der Waals surface area contributed by atoms with Crippen molar-refractivity contribution in [2.24, 2.45) is 0 Å². The van der Waals surface area contributed by atoms with Crippen LogP contribution in [0.2, 0.25) is 0 Å². The molecular weight excluding hydrogens is 318 g/mol. The molecule has 0 aliphatic heterocycles. The zero-order chi connectivity index (χ0) is 14.1. The van der Waals surface area contributed by atoms with Crippen LogP contribution in [0, 0.1) is 6.92 Å². The highest BCUT2D eigenvalue weighted by Gasteiger charge is 2.10. The summed E-state index contributed by atoms with van der Waals surface area (Å²) in [6.45, 7) is 2.00. The molecule has 0 saturated carbocycles. The Bertz CT molecular complexity index is 766. The summed E-state index contributed by atoms with van der Waals surface area (Å²) in [7, 11) is 0. The van der Waals surface area contributed by atoms with Crippen LogP contribution in [0.5, 0.6) is 0 Å². The van der Waals surface area contributed by atoms with Gasteiger partial charge in [0.25, 0.3) is 0 Å². The number of nitrogens with two attached hydrogens (primary N) is 1. The first-order chi connectivity index (χ1) is 9.65. The van der Waals surface area contributed by atoms with Crippen LogP contribution in [-0.4, -0.2) is 19.7 Å². The standard InChI is InChI=1S/C14H12BrN5/c1-9-5-6-17-14(12(9)15)20-8-18-13(19-20)10-3-2-4-11(16)7-10/h2-8H,16H2,1H3. The van der Waals surface area contributed by atoms with E-state index < -0.39 is 0 Å². The fourth-order valence-corrected chi connectivity index (χ4v) is 2.28. The number of pyridine rings is 1. The SMILES string of the molecule is Cc1ccnc(-n2cnc(-c3cccc(N)c3)n2)c1Br. The zero-order valence-corrected chi connectivity index (χ0v) is 12.4. The molecule has 3 aromatic rings. The van der Waals surface area contributed by atoms with Crippen LogP contribution in [0.25, 0.3) is 17.2 Å². The van der Waals surface area contributed by atoms with Gasteiger partial charge in [0.15, 0.2) is 11.6 Å². The molecule has 5 nitrogen and oxygen atoms in total. The average molecular weight is 330 g/mol. The Labute approximate surface area is 124 Å². The Morgan fingerprint density at radius 1 is 1.20 bits per heavy atom. The fourth-order valence-electron chi connectivity index (χ4n) is 1.86. The van der Waals surface area contributed by atoms with E-state index in [1.54, 1.807) is 17.2 Å². The summed E-state index contributed by atoms with van der Waals surface area (Å²) in [5.41, 5.74) is 8.44. The minimum absolute atomic E-state index is 0.618. The highest BCUT2D eigenvalue weighted by Crippen LogP contribution is 2.23. The van der Waals surface area contributed by atoms with Crippen LogP contribution in [0.15, 0.2) is 47.3 Å². The summed E-state index contributed by atoms with van der Waals surface area (Å²) in [6.07, 6.45) is 3.39. The summed E-state index contributed by atoms with van der Waals surface area (Å²) >= 11 is 3.52. The number of rotatable bonds is 2. The van der Waals surface area contributed by atoms with Gasteiger partial charge in [-0.05, 0) is 46.6 Å². The second-order valence-electron chi connectivity index (χ2n) is 4.40. The third-order valence-corrected chi connectivity index (χ3v) is 3.90. The van der Waals surface area contributed by atoms with Crippen molar-refractivity contribution in [1.82, 2.24) is 19.7 Å². The predicted molar refractivity (Wildman–Crippen MR) is 81.4 cm³/mol. The minimum atomic E-state index is 0.618. The van der Waals surface area contributed by atoms with Gasteiger partial charge in [-0.15, -0.1) is 5.10 Å². The third-order valence-electron chi connectivity index (χ3n) is 2.92. The van der Waals surface area contributed by atoms with E-state index >= 15 is 0 Å². The monoisotopic (exact) mass is 329 g/mol. The van der Waals surface area contributed by atoms with Crippen molar-refractivity contribution in [3.63, 3.8) is 0 Å². The minimum Gasteiger partial charge on any atom is -0.399 e. The number of aromatic nitrogens is 4. The maximum atomic E-state index is 5.78. The molecule has 0 spiro atoms. The van der Waals surface area contributed by atoms with Gasteiger partial charge in [0.2, 0.25) is 0 Å². The predicted octanol–water partition coefficient (Wildman–Crippen LogP) is 2.98. The molecule has 100 valence electrons. The van der Waals surface area contributed by atoms with E-state index in [4.69, 9.17) is 5.73 Å². The zero-order valence-electron chi connectivity index (χ0n) is 10.8. The van der Waals surface area contributed by atoms with Crippen LogP contribution in [-0.2, 0) is 0 Å². The molecule has 0 amide bonds. The Morgan fingerprint density at radius 2 is 2.05 bits per heavy atom. The third kappa shape index (κ3) is 2.30. The molecule has 0 aliphatic carbocycles. The van der Waals surface area contributed by atoms with Gasteiger partial charge in [-0.25, -0.2) is 14.6 Å². The molecule has 20 heavy (non-hydrogen) atoms. The molecule has 2 aromatic heterocycles. The van der Waals surface area contributed by atoms with Gasteiger partial charge in [-0.2, -0.15) is 0 Å². The lowest BCUT2D eigenvalue weighted by Crippen LogP contribution is -2.00. The van der Waals surface area contributed by atoms with E-state index in [1.807, 2.05) is 37.3 Å². The summed E-state index contributed by atoms with van der Waals surface area (Å²) < 4.78 is 2.55. The molecule has 6 heteroatoms. The maximum absolute atomic E-state index is 5.78. The molecule has 3 rings (SSSR count). The van der Waals surface area contributed by atoms with E-state index in [1.165, 1.54) is 0 Å². The molecule has 0 unspecified atom stereocenters. The molecule has 2 N–H and O–H groups in total. The van der Waals surface area contributed by atoms with E-state index in [0.29, 0.717) is 17.3 Å². The van der Waals surface area contributed by atoms with Crippen molar-refractivity contribution in [3.8, 4) is 17.2 Å². The van der Waals surface area contributed by atoms with E-state index in [-0.39, 0.29) is 0 Å². The first-order valence-electron chi connectivity index (χ1n) is 6.04. The van der Waals surface area contributed by atoms with Gasteiger partial charge in [-0.3, -0.25) is 0 Å². The first-order valence-corrected chi connectivity index (χ1v) is 6.83. The molecule has 0 fully saturated rings. The van der Waals surface area contributed by atoms with Crippen molar-refractivity contribution < 1.29 is 0 Å². The number of nitrogens with zero attached hydrogens (tertiary/aromatic N) is 4. The Balaban J connectivity index is 2.04. The highest BCUT2D eigenvalue weighted by atomic mass is 79.9. The van der Waals surface area contributed by atoms with Crippen LogP contribution >= 0.6 is 15.9 Å². The first kappa shape index (κ1) is 12.8. The number of aryl methyl sites for hydroxylation is 1. The number of benzene rings is 1. The fraction of sp³-hybridized carbons (Fsp3) is 0.0714. The molecule has 0 atom stereocenters. The lowest BCUT2D eigenvalue weighted by atomic mass is 10.2. The van der Waals surface area contributed by atoms with Gasteiger partial charge in [0, 0.05) is 17.4 Å². The van der Waals surface area contributed by atoms with E-state index in [2.05, 4.69) is 31.0 Å². The lowest BCUT2D eigenvalue weighted by molar-refractivity contribution is 0.840. The number of hydrogen-bond acceptors (Lipinski definition) is 4. The largest absolute Gasteiger partial charge is 0.399 e. The molecule has 0 bridgehead atoms. The molecule has 0 radical (unpaired) electrons. The van der Waals surface area contributed by atoms with Crippen molar-refractivity contribution >= 4 is 21.6 Å². The second kappa shape index (κ2) is 5.05. The summed E-state index contributed by atoms with van der Waals surface area (Å²) in [5.74, 6) is 1.33. The second-order valence-corrected chi connectivity index (χ2v) is 5.20. The molecule has 1 aromatic carbocycles. The molecule has 2 heterocycles. The van der Waals surface area contributed by atoms with Crippen molar-refractivity contribution in [1.29, 1.82) is 0 Å². The number of anilines is 1. The van der Waals surface area contributed by atoms with Crippen LogP contribution in [0.3, 0.4) is 0 Å². The average Bonchev–Trinajstić information content (AvgIpc) is 2.91. The van der Waals surface area contributed by atoms with Gasteiger partial charge < -0.3 is 5.73 Å². The van der Waals surface area contributed by atoms with E-state index in [9.17, 15) is 0 Å². The summed E-state index contributed by atoms with van der Waals surface area (Å²) in [4.78, 5) is 8.63. The summed E-state index contributed by atoms with van der Waals surface area (Å²) in [6, 6.07) is 9.42. The lowest BCUT2D eigenvalue weighted by Gasteiger charge is -2.04. The Kier molecular flexibility index (Phi) is 3.23. The number of halogens is 1. The maximum Gasteiger partial charge on any atom is 0.181 e. The number of nitrogen functional groups attached to an aromatic ring is 1. The smallest absolute Gasteiger partial charge is 0.181 e. The van der Waals surface area contributed by atoms with Gasteiger partial charge >= 0.3 is 0 Å². The van der Waals surface area contributed by atoms with E-state index in [0.717, 1.165) is 15.6 Å². The van der Waals surface area contributed by atoms with Gasteiger partial charge in [0.1, 0.15) is 6.33 Å². The summed E-state index contributed by atoms with van der Waals surface area (Å²) in [5, 5.41) is 4.45. The van der Waals surface area contributed by atoms with Crippen molar-refractivity contribution in [2.75, 3.05) is 5.73 Å². The van der Waals surface area contributed by atoms with Crippen LogP contribution in [0.1, 0.15) is 5.56 Å². The number of hydrogen-bond donors (Lipinski definition) is 1. The Morgan fingerprint density at radius 3 is 2.85 bits per heavy atom.